The zero-order valence-corrected chi connectivity index (χ0v) is 11.5. The molecule has 0 aromatic carbocycles. The standard InChI is InChI=1S/C14H18F2N2O3/c15-12(16)8-18-6-2-5-11(18)13(19)17-7-9-3-1-4-10(9)14(20)21/h2,5-6,9-10,12H,1,3-4,7-8H2,(H,17,19)(H,20,21). The Labute approximate surface area is 120 Å². The number of carboxylic acid groups (broad SMARTS) is 1. The molecule has 0 saturated heterocycles. The normalized spacial score (nSPS) is 21.7. The Balaban J connectivity index is 1.93. The molecule has 116 valence electrons. The van der Waals surface area contributed by atoms with E-state index in [2.05, 4.69) is 5.32 Å². The van der Waals surface area contributed by atoms with Gasteiger partial charge in [-0.25, -0.2) is 8.78 Å². The molecule has 1 aliphatic carbocycles. The van der Waals surface area contributed by atoms with Gasteiger partial charge in [0.25, 0.3) is 12.3 Å². The second kappa shape index (κ2) is 6.69. The van der Waals surface area contributed by atoms with Crippen LogP contribution < -0.4 is 5.32 Å². The van der Waals surface area contributed by atoms with Crippen molar-refractivity contribution in [2.24, 2.45) is 11.8 Å². The van der Waals surface area contributed by atoms with Gasteiger partial charge in [0, 0.05) is 12.7 Å². The number of aromatic nitrogens is 1. The summed E-state index contributed by atoms with van der Waals surface area (Å²) in [5.74, 6) is -1.81. The number of carbonyl (C=O) groups excluding carboxylic acids is 1. The highest BCUT2D eigenvalue weighted by Gasteiger charge is 2.33. The lowest BCUT2D eigenvalue weighted by Gasteiger charge is -2.16. The minimum absolute atomic E-state index is 0.0926. The lowest BCUT2D eigenvalue weighted by molar-refractivity contribution is -0.142. The molecular weight excluding hydrogens is 282 g/mol. The number of hydrogen-bond acceptors (Lipinski definition) is 2. The van der Waals surface area contributed by atoms with Gasteiger partial charge in [0.05, 0.1) is 12.5 Å². The van der Waals surface area contributed by atoms with E-state index < -0.39 is 30.8 Å². The maximum absolute atomic E-state index is 12.4. The number of alkyl halides is 2. The van der Waals surface area contributed by atoms with Crippen molar-refractivity contribution in [1.82, 2.24) is 9.88 Å². The lowest BCUT2D eigenvalue weighted by atomic mass is 9.96. The molecule has 0 aliphatic heterocycles. The first kappa shape index (κ1) is 15.5. The molecule has 2 rings (SSSR count). The van der Waals surface area contributed by atoms with Crippen LogP contribution in [0.3, 0.4) is 0 Å². The van der Waals surface area contributed by atoms with Crippen LogP contribution in [0.4, 0.5) is 8.78 Å². The number of carboxylic acids is 1. The predicted molar refractivity (Wildman–Crippen MR) is 71.2 cm³/mol. The summed E-state index contributed by atoms with van der Waals surface area (Å²) in [5.41, 5.74) is 0.167. The first-order valence-electron chi connectivity index (χ1n) is 6.93. The van der Waals surface area contributed by atoms with E-state index in [1.807, 2.05) is 0 Å². The summed E-state index contributed by atoms with van der Waals surface area (Å²) in [6.07, 6.45) is 1.11. The summed E-state index contributed by atoms with van der Waals surface area (Å²) in [7, 11) is 0. The molecule has 5 nitrogen and oxygen atoms in total. The van der Waals surface area contributed by atoms with Crippen molar-refractivity contribution in [3.05, 3.63) is 24.0 Å². The molecule has 1 amide bonds. The Morgan fingerprint density at radius 2 is 2.19 bits per heavy atom. The summed E-state index contributed by atoms with van der Waals surface area (Å²) < 4.78 is 26.0. The number of nitrogens with zero attached hydrogens (tertiary/aromatic N) is 1. The summed E-state index contributed by atoms with van der Waals surface area (Å²) in [6, 6.07) is 3.01. The van der Waals surface area contributed by atoms with E-state index in [1.54, 1.807) is 0 Å². The number of hydrogen-bond donors (Lipinski definition) is 2. The van der Waals surface area contributed by atoms with Crippen molar-refractivity contribution >= 4 is 11.9 Å². The number of amides is 1. The molecule has 2 N–H and O–H groups in total. The minimum atomic E-state index is -2.53. The summed E-state index contributed by atoms with van der Waals surface area (Å²) >= 11 is 0. The van der Waals surface area contributed by atoms with Crippen LogP contribution in [0.1, 0.15) is 29.8 Å². The van der Waals surface area contributed by atoms with Gasteiger partial charge in [0.2, 0.25) is 0 Å². The van der Waals surface area contributed by atoms with Gasteiger partial charge in [0.15, 0.2) is 0 Å². The predicted octanol–water partition coefficient (Wildman–Crippen LogP) is 1.98. The molecule has 7 heteroatoms. The quantitative estimate of drug-likeness (QED) is 0.844. The van der Waals surface area contributed by atoms with E-state index in [1.165, 1.54) is 22.9 Å². The van der Waals surface area contributed by atoms with Crippen LogP contribution in [0.25, 0.3) is 0 Å². The SMILES string of the molecule is O=C(NCC1CCCC1C(=O)O)c1cccn1CC(F)F. The van der Waals surface area contributed by atoms with Gasteiger partial charge in [-0.2, -0.15) is 0 Å². The first-order chi connectivity index (χ1) is 9.99. The fourth-order valence-electron chi connectivity index (χ4n) is 2.85. The monoisotopic (exact) mass is 300 g/mol. The fraction of sp³-hybridized carbons (Fsp3) is 0.571. The molecule has 1 saturated carbocycles. The zero-order valence-electron chi connectivity index (χ0n) is 11.5. The number of rotatable bonds is 6. The zero-order chi connectivity index (χ0) is 15.4. The summed E-state index contributed by atoms with van der Waals surface area (Å²) in [5, 5.41) is 11.7. The summed E-state index contributed by atoms with van der Waals surface area (Å²) in [4.78, 5) is 23.1. The highest BCUT2D eigenvalue weighted by atomic mass is 19.3. The molecule has 1 aromatic heterocycles. The molecule has 2 atom stereocenters. The Hall–Kier alpha value is -1.92. The molecule has 1 aromatic rings. The van der Waals surface area contributed by atoms with E-state index in [4.69, 9.17) is 5.11 Å². The van der Waals surface area contributed by atoms with Crippen molar-refractivity contribution in [3.8, 4) is 0 Å². The van der Waals surface area contributed by atoms with Crippen LogP contribution >= 0.6 is 0 Å². The van der Waals surface area contributed by atoms with Crippen LogP contribution in [0, 0.1) is 11.8 Å². The van der Waals surface area contributed by atoms with E-state index in [-0.39, 0.29) is 18.2 Å². The molecule has 0 bridgehead atoms. The molecular formula is C14H18F2N2O3. The van der Waals surface area contributed by atoms with E-state index >= 15 is 0 Å². The molecule has 1 heterocycles. The van der Waals surface area contributed by atoms with Crippen molar-refractivity contribution in [1.29, 1.82) is 0 Å². The molecule has 1 aliphatic rings. The first-order valence-corrected chi connectivity index (χ1v) is 6.93. The molecule has 2 unspecified atom stereocenters. The highest BCUT2D eigenvalue weighted by Crippen LogP contribution is 2.31. The Morgan fingerprint density at radius 3 is 2.86 bits per heavy atom. The Kier molecular flexibility index (Phi) is 4.93. The van der Waals surface area contributed by atoms with Crippen LogP contribution in [0.15, 0.2) is 18.3 Å². The third kappa shape index (κ3) is 3.80. The maximum atomic E-state index is 12.4. The fourth-order valence-corrected chi connectivity index (χ4v) is 2.85. The average molecular weight is 300 g/mol. The van der Waals surface area contributed by atoms with Crippen molar-refractivity contribution in [3.63, 3.8) is 0 Å². The van der Waals surface area contributed by atoms with Crippen LogP contribution in [0.5, 0.6) is 0 Å². The van der Waals surface area contributed by atoms with Crippen LogP contribution in [-0.2, 0) is 11.3 Å². The van der Waals surface area contributed by atoms with E-state index in [0.717, 1.165) is 12.8 Å². The van der Waals surface area contributed by atoms with Gasteiger partial charge in [-0.15, -0.1) is 0 Å². The number of carbonyl (C=O) groups is 2. The van der Waals surface area contributed by atoms with E-state index in [9.17, 15) is 18.4 Å². The maximum Gasteiger partial charge on any atom is 0.306 e. The van der Waals surface area contributed by atoms with Crippen molar-refractivity contribution in [2.75, 3.05) is 6.54 Å². The van der Waals surface area contributed by atoms with Crippen LogP contribution in [-0.4, -0.2) is 34.5 Å². The topological polar surface area (TPSA) is 71.3 Å². The van der Waals surface area contributed by atoms with Gasteiger partial charge in [-0.1, -0.05) is 6.42 Å². The van der Waals surface area contributed by atoms with Gasteiger partial charge >= 0.3 is 5.97 Å². The third-order valence-corrected chi connectivity index (χ3v) is 3.90. The van der Waals surface area contributed by atoms with Crippen molar-refractivity contribution in [2.45, 2.75) is 32.2 Å². The number of halogens is 2. The Bertz CT molecular complexity index is 516. The summed E-state index contributed by atoms with van der Waals surface area (Å²) in [6.45, 7) is -0.271. The second-order valence-corrected chi connectivity index (χ2v) is 5.28. The number of nitrogens with one attached hydrogen (secondary N) is 1. The van der Waals surface area contributed by atoms with E-state index in [0.29, 0.717) is 6.42 Å². The van der Waals surface area contributed by atoms with Gasteiger partial charge in [-0.05, 0) is 30.9 Å². The van der Waals surface area contributed by atoms with Gasteiger partial charge in [0.1, 0.15) is 5.69 Å². The number of aliphatic carboxylic acids is 1. The second-order valence-electron chi connectivity index (χ2n) is 5.28. The van der Waals surface area contributed by atoms with Gasteiger partial charge < -0.3 is 15.0 Å². The average Bonchev–Trinajstić information content (AvgIpc) is 3.03. The molecule has 0 radical (unpaired) electrons. The lowest BCUT2D eigenvalue weighted by Crippen LogP contribution is -2.34. The Morgan fingerprint density at radius 1 is 1.43 bits per heavy atom. The smallest absolute Gasteiger partial charge is 0.306 e. The molecule has 1 fully saturated rings. The largest absolute Gasteiger partial charge is 0.481 e. The molecule has 21 heavy (non-hydrogen) atoms. The minimum Gasteiger partial charge on any atom is -0.481 e. The van der Waals surface area contributed by atoms with Crippen LogP contribution in [0.2, 0.25) is 0 Å². The van der Waals surface area contributed by atoms with Gasteiger partial charge in [-0.3, -0.25) is 9.59 Å². The molecule has 0 spiro atoms. The van der Waals surface area contributed by atoms with Crippen molar-refractivity contribution < 1.29 is 23.5 Å². The third-order valence-electron chi connectivity index (χ3n) is 3.90. The highest BCUT2D eigenvalue weighted by molar-refractivity contribution is 5.92.